The van der Waals surface area contributed by atoms with Crippen molar-refractivity contribution in [3.05, 3.63) is 34.9 Å². The molecule has 0 amide bonds. The fourth-order valence-corrected chi connectivity index (χ4v) is 0.998. The SMILES string of the molecule is O=C(O)c1cc(C(=O)O)cc(C(=O)O)c1.[Zr]. The van der Waals surface area contributed by atoms with E-state index in [4.69, 9.17) is 15.3 Å². The van der Waals surface area contributed by atoms with Crippen molar-refractivity contribution in [3.8, 4) is 0 Å². The van der Waals surface area contributed by atoms with Crippen LogP contribution in [0.5, 0.6) is 0 Å². The van der Waals surface area contributed by atoms with Crippen LogP contribution in [0.4, 0.5) is 0 Å². The summed E-state index contributed by atoms with van der Waals surface area (Å²) in [5.41, 5.74) is -1.10. The summed E-state index contributed by atoms with van der Waals surface area (Å²) in [6.07, 6.45) is 0. The second-order valence-corrected chi connectivity index (χ2v) is 2.71. The van der Waals surface area contributed by atoms with E-state index in [2.05, 4.69) is 0 Å². The van der Waals surface area contributed by atoms with Crippen LogP contribution >= 0.6 is 0 Å². The Morgan fingerprint density at radius 2 is 0.875 bits per heavy atom. The number of hydrogen-bond acceptors (Lipinski definition) is 3. The normalized spacial score (nSPS) is 9.00. The van der Waals surface area contributed by atoms with Crippen LogP contribution in [0.15, 0.2) is 18.2 Å². The van der Waals surface area contributed by atoms with E-state index in [1.165, 1.54) is 0 Å². The molecule has 0 aliphatic carbocycles. The summed E-state index contributed by atoms with van der Waals surface area (Å²) in [5.74, 6) is -4.12. The zero-order chi connectivity index (χ0) is 11.6. The molecule has 0 aromatic heterocycles. The number of hydrogen-bond donors (Lipinski definition) is 3. The minimum atomic E-state index is -1.37. The molecule has 3 N–H and O–H groups in total. The molecule has 0 fully saturated rings. The molecule has 0 spiro atoms. The van der Waals surface area contributed by atoms with Gasteiger partial charge in [-0.2, -0.15) is 0 Å². The number of carbonyl (C=O) groups is 3. The number of aromatic carboxylic acids is 3. The maximum absolute atomic E-state index is 10.6. The topological polar surface area (TPSA) is 112 Å². The van der Waals surface area contributed by atoms with Crippen LogP contribution in [0.25, 0.3) is 0 Å². The van der Waals surface area contributed by atoms with Crippen LogP contribution in [-0.4, -0.2) is 33.2 Å². The zero-order valence-corrected chi connectivity index (χ0v) is 10.3. The first-order valence-electron chi connectivity index (χ1n) is 3.77. The Morgan fingerprint density at radius 3 is 1.00 bits per heavy atom. The molecule has 1 rings (SSSR count). The Bertz CT molecular complexity index is 374. The largest absolute Gasteiger partial charge is 0.478 e. The summed E-state index contributed by atoms with van der Waals surface area (Å²) < 4.78 is 0. The van der Waals surface area contributed by atoms with Gasteiger partial charge in [0, 0.05) is 26.2 Å². The van der Waals surface area contributed by atoms with Crippen molar-refractivity contribution in [2.75, 3.05) is 0 Å². The second kappa shape index (κ2) is 5.56. The molecule has 0 atom stereocenters. The molecule has 0 aliphatic heterocycles. The summed E-state index contributed by atoms with van der Waals surface area (Å²) in [7, 11) is 0. The molecule has 6 nitrogen and oxygen atoms in total. The predicted molar refractivity (Wildman–Crippen MR) is 47.3 cm³/mol. The van der Waals surface area contributed by atoms with Gasteiger partial charge in [-0.3, -0.25) is 0 Å². The maximum Gasteiger partial charge on any atom is 0.335 e. The summed E-state index contributed by atoms with van der Waals surface area (Å²) in [4.78, 5) is 31.7. The molecule has 0 saturated heterocycles. The van der Waals surface area contributed by atoms with Gasteiger partial charge in [-0.15, -0.1) is 0 Å². The Balaban J connectivity index is 0.00000225. The Morgan fingerprint density at radius 1 is 0.688 bits per heavy atom. The molecule has 0 heterocycles. The quantitative estimate of drug-likeness (QED) is 0.760. The first kappa shape index (κ1) is 14.5. The van der Waals surface area contributed by atoms with Gasteiger partial charge in [-0.1, -0.05) is 0 Å². The average Bonchev–Trinajstić information content (AvgIpc) is 2.16. The number of benzene rings is 1. The van der Waals surface area contributed by atoms with Crippen LogP contribution in [-0.2, 0) is 26.2 Å². The van der Waals surface area contributed by atoms with Gasteiger partial charge in [0.25, 0.3) is 0 Å². The van der Waals surface area contributed by atoms with Crippen LogP contribution in [0.1, 0.15) is 31.1 Å². The van der Waals surface area contributed by atoms with E-state index in [0.29, 0.717) is 0 Å². The molecule has 0 bridgehead atoms. The molecule has 0 aliphatic rings. The summed E-state index contributed by atoms with van der Waals surface area (Å²) >= 11 is 0. The zero-order valence-electron chi connectivity index (χ0n) is 7.80. The monoisotopic (exact) mass is 300 g/mol. The van der Waals surface area contributed by atoms with Crippen LogP contribution in [0, 0.1) is 0 Å². The van der Waals surface area contributed by atoms with Crippen molar-refractivity contribution in [2.45, 2.75) is 0 Å². The predicted octanol–water partition coefficient (Wildman–Crippen LogP) is 0.779. The number of carboxylic acid groups (broad SMARTS) is 3. The average molecular weight is 301 g/mol. The van der Waals surface area contributed by atoms with Gasteiger partial charge < -0.3 is 15.3 Å². The molecule has 0 saturated carbocycles. The van der Waals surface area contributed by atoms with E-state index in [1.54, 1.807) is 0 Å². The molecule has 1 aromatic rings. The molecular weight excluding hydrogens is 295 g/mol. The van der Waals surface area contributed by atoms with E-state index in [-0.39, 0.29) is 42.9 Å². The maximum atomic E-state index is 10.6. The van der Waals surface area contributed by atoms with E-state index in [1.807, 2.05) is 0 Å². The first-order valence-corrected chi connectivity index (χ1v) is 3.77. The van der Waals surface area contributed by atoms with E-state index in [9.17, 15) is 14.4 Å². The first-order chi connectivity index (χ1) is 6.91. The Labute approximate surface area is 109 Å². The third kappa shape index (κ3) is 3.27. The van der Waals surface area contributed by atoms with Gasteiger partial charge in [0.1, 0.15) is 0 Å². The molecule has 16 heavy (non-hydrogen) atoms. The minimum absolute atomic E-state index is 0. The molecule has 0 radical (unpaired) electrons. The van der Waals surface area contributed by atoms with Crippen LogP contribution < -0.4 is 0 Å². The van der Waals surface area contributed by atoms with Crippen molar-refractivity contribution in [1.82, 2.24) is 0 Å². The summed E-state index contributed by atoms with van der Waals surface area (Å²) in [5, 5.41) is 25.8. The fraction of sp³-hybridized carbons (Fsp3) is 0. The van der Waals surface area contributed by atoms with E-state index >= 15 is 0 Å². The third-order valence-corrected chi connectivity index (χ3v) is 1.67. The van der Waals surface area contributed by atoms with E-state index < -0.39 is 17.9 Å². The second-order valence-electron chi connectivity index (χ2n) is 2.71. The van der Waals surface area contributed by atoms with Gasteiger partial charge in [0.15, 0.2) is 0 Å². The van der Waals surface area contributed by atoms with Crippen molar-refractivity contribution < 1.29 is 55.9 Å². The smallest absolute Gasteiger partial charge is 0.335 e. The van der Waals surface area contributed by atoms with Gasteiger partial charge in [-0.05, 0) is 18.2 Å². The van der Waals surface area contributed by atoms with Crippen molar-refractivity contribution in [3.63, 3.8) is 0 Å². The van der Waals surface area contributed by atoms with Crippen molar-refractivity contribution >= 4 is 17.9 Å². The standard InChI is InChI=1S/C9H6O6.Zr/c10-7(11)4-1-5(8(12)13)3-6(2-4)9(14)15;/h1-3H,(H,10,11)(H,12,13)(H,14,15);. The Hall–Kier alpha value is -1.49. The molecule has 7 heteroatoms. The van der Waals surface area contributed by atoms with Gasteiger partial charge in [0.05, 0.1) is 16.7 Å². The van der Waals surface area contributed by atoms with E-state index in [0.717, 1.165) is 18.2 Å². The van der Waals surface area contributed by atoms with Crippen LogP contribution in [0.2, 0.25) is 0 Å². The Kier molecular flexibility index (Phi) is 5.04. The molecule has 1 aromatic carbocycles. The number of rotatable bonds is 3. The van der Waals surface area contributed by atoms with Gasteiger partial charge in [-0.25, -0.2) is 14.4 Å². The number of carboxylic acids is 3. The molecule has 0 unspecified atom stereocenters. The van der Waals surface area contributed by atoms with Gasteiger partial charge >= 0.3 is 17.9 Å². The summed E-state index contributed by atoms with van der Waals surface area (Å²) in [6, 6.07) is 2.70. The van der Waals surface area contributed by atoms with Crippen LogP contribution in [0.3, 0.4) is 0 Å². The van der Waals surface area contributed by atoms with Gasteiger partial charge in [0.2, 0.25) is 0 Å². The molecule has 82 valence electrons. The minimum Gasteiger partial charge on any atom is -0.478 e. The van der Waals surface area contributed by atoms with Crippen molar-refractivity contribution in [2.24, 2.45) is 0 Å². The third-order valence-electron chi connectivity index (χ3n) is 1.67. The molecular formula is C9H6O6Zr. The fourth-order valence-electron chi connectivity index (χ4n) is 0.998. The summed E-state index contributed by atoms with van der Waals surface area (Å²) in [6.45, 7) is 0. The van der Waals surface area contributed by atoms with Crippen molar-refractivity contribution in [1.29, 1.82) is 0 Å².